The highest BCUT2D eigenvalue weighted by Gasteiger charge is 2.24. The van der Waals surface area contributed by atoms with Gasteiger partial charge in [-0.25, -0.2) is 0 Å². The first-order valence-corrected chi connectivity index (χ1v) is 10.5. The lowest BCUT2D eigenvalue weighted by molar-refractivity contribution is -0.564. The number of aliphatic hydroxyl groups is 1. The van der Waals surface area contributed by atoms with Crippen LogP contribution in [0.4, 0.5) is 11.6 Å². The monoisotopic (exact) mass is 395 g/mol. The van der Waals surface area contributed by atoms with E-state index in [1.807, 2.05) is 22.8 Å². The summed E-state index contributed by atoms with van der Waals surface area (Å²) in [6.45, 7) is 7.40. The van der Waals surface area contributed by atoms with Gasteiger partial charge in [-0.3, -0.25) is 10.4 Å². The molecule has 7 nitrogen and oxygen atoms in total. The summed E-state index contributed by atoms with van der Waals surface area (Å²) in [5.74, 6) is 2.39. The lowest BCUT2D eigenvalue weighted by Gasteiger charge is -2.28. The van der Waals surface area contributed by atoms with Gasteiger partial charge in [0.15, 0.2) is 0 Å². The van der Waals surface area contributed by atoms with E-state index in [2.05, 4.69) is 59.2 Å². The van der Waals surface area contributed by atoms with E-state index in [9.17, 15) is 5.11 Å². The van der Waals surface area contributed by atoms with Gasteiger partial charge in [-0.15, -0.1) is 4.52 Å². The molecule has 0 bridgehead atoms. The number of aromatic amines is 1. The molecule has 1 aromatic carbocycles. The second kappa shape index (κ2) is 8.80. The minimum Gasteiger partial charge on any atom is -0.391 e. The maximum absolute atomic E-state index is 10.2. The van der Waals surface area contributed by atoms with Crippen molar-refractivity contribution in [1.82, 2.24) is 15.4 Å². The third kappa shape index (κ3) is 4.52. The fourth-order valence-corrected chi connectivity index (χ4v) is 3.83. The second-order valence-corrected chi connectivity index (χ2v) is 8.11. The number of aliphatic hydroxyl groups excluding tert-OH is 1. The van der Waals surface area contributed by atoms with E-state index >= 15 is 0 Å². The standard InChI is InChI=1S/C22H30N6O/c1-15(2)18-13-26-28-21(25-11-16-6-4-3-5-7-16)10-20(27-22(18)28)24-12-17-8-9-23-14-19(17)29/h3-7,10,13,15,17,19,23,29H,8-9,11-12,14H2,1-2H3,(H2,24,25,26,27)/p+1/t17-,19+/m1/s1. The van der Waals surface area contributed by atoms with Gasteiger partial charge >= 0.3 is 0 Å². The molecule has 0 unspecified atom stereocenters. The van der Waals surface area contributed by atoms with Crippen LogP contribution in [0, 0.1) is 5.92 Å². The van der Waals surface area contributed by atoms with Gasteiger partial charge in [-0.1, -0.05) is 49.2 Å². The number of hydrogen-bond donors (Lipinski definition) is 5. The Morgan fingerprint density at radius 1 is 1.24 bits per heavy atom. The molecule has 0 radical (unpaired) electrons. The van der Waals surface area contributed by atoms with E-state index < -0.39 is 0 Å². The largest absolute Gasteiger partial charge is 0.391 e. The Morgan fingerprint density at radius 2 is 2.07 bits per heavy atom. The molecule has 1 fully saturated rings. The van der Waals surface area contributed by atoms with Gasteiger partial charge in [-0.05, 0) is 24.4 Å². The van der Waals surface area contributed by atoms with Crippen molar-refractivity contribution >= 4 is 17.3 Å². The molecule has 5 N–H and O–H groups in total. The Balaban J connectivity index is 1.58. The first-order valence-electron chi connectivity index (χ1n) is 10.5. The summed E-state index contributed by atoms with van der Waals surface area (Å²) in [5, 5.41) is 23.8. The lowest BCUT2D eigenvalue weighted by Crippen LogP contribution is -2.43. The third-order valence-corrected chi connectivity index (χ3v) is 5.63. The quantitative estimate of drug-likeness (QED) is 0.396. The highest BCUT2D eigenvalue weighted by molar-refractivity contribution is 5.53. The van der Waals surface area contributed by atoms with Gasteiger partial charge in [-0.2, -0.15) is 0 Å². The molecule has 154 valence electrons. The van der Waals surface area contributed by atoms with Crippen LogP contribution in [0.2, 0.25) is 0 Å². The van der Waals surface area contributed by atoms with E-state index in [4.69, 9.17) is 4.98 Å². The van der Waals surface area contributed by atoms with Crippen LogP contribution in [0.25, 0.3) is 5.65 Å². The zero-order chi connectivity index (χ0) is 20.2. The summed E-state index contributed by atoms with van der Waals surface area (Å²) in [5.41, 5.74) is 3.32. The number of piperidine rings is 1. The van der Waals surface area contributed by atoms with E-state index in [0.717, 1.165) is 36.8 Å². The van der Waals surface area contributed by atoms with Gasteiger partial charge < -0.3 is 15.7 Å². The Kier molecular flexibility index (Phi) is 5.97. The Hall–Kier alpha value is -2.64. The number of aromatic nitrogens is 3. The highest BCUT2D eigenvalue weighted by atomic mass is 16.3. The Bertz CT molecular complexity index is 939. The van der Waals surface area contributed by atoms with Crippen LogP contribution in [0.5, 0.6) is 0 Å². The van der Waals surface area contributed by atoms with Gasteiger partial charge in [0, 0.05) is 25.2 Å². The van der Waals surface area contributed by atoms with Crippen LogP contribution >= 0.6 is 0 Å². The molecule has 1 saturated heterocycles. The summed E-state index contributed by atoms with van der Waals surface area (Å²) in [6, 6.07) is 12.4. The van der Waals surface area contributed by atoms with Gasteiger partial charge in [0.05, 0.1) is 24.3 Å². The molecule has 0 aliphatic carbocycles. The van der Waals surface area contributed by atoms with Gasteiger partial charge in [0.1, 0.15) is 0 Å². The van der Waals surface area contributed by atoms with Crippen molar-refractivity contribution in [3.63, 3.8) is 0 Å². The maximum atomic E-state index is 10.2. The van der Waals surface area contributed by atoms with Crippen molar-refractivity contribution in [2.75, 3.05) is 30.3 Å². The molecule has 3 aromatic rings. The van der Waals surface area contributed by atoms with E-state index in [-0.39, 0.29) is 12.0 Å². The molecule has 0 saturated carbocycles. The van der Waals surface area contributed by atoms with Crippen molar-refractivity contribution in [2.45, 2.75) is 38.8 Å². The van der Waals surface area contributed by atoms with E-state index in [0.29, 0.717) is 19.0 Å². The van der Waals surface area contributed by atoms with Crippen LogP contribution in [0.1, 0.15) is 37.3 Å². The number of benzene rings is 1. The van der Waals surface area contributed by atoms with Gasteiger partial charge in [0.2, 0.25) is 11.6 Å². The molecular formula is C22H31N6O+. The number of H-pyrrole nitrogens is 1. The third-order valence-electron chi connectivity index (χ3n) is 5.63. The fourth-order valence-electron chi connectivity index (χ4n) is 3.83. The minimum absolute atomic E-state index is 0.234. The molecule has 2 atom stereocenters. The van der Waals surface area contributed by atoms with Crippen molar-refractivity contribution in [3.05, 3.63) is 53.7 Å². The average molecular weight is 396 g/mol. The first kappa shape index (κ1) is 19.7. The zero-order valence-electron chi connectivity index (χ0n) is 17.2. The molecule has 0 spiro atoms. The lowest BCUT2D eigenvalue weighted by atomic mass is 9.95. The predicted molar refractivity (Wildman–Crippen MR) is 115 cm³/mol. The topological polar surface area (TPSA) is 89.1 Å². The van der Waals surface area contributed by atoms with Crippen molar-refractivity contribution in [2.24, 2.45) is 5.92 Å². The summed E-state index contributed by atoms with van der Waals surface area (Å²) < 4.78 is 2.00. The summed E-state index contributed by atoms with van der Waals surface area (Å²) in [4.78, 5) is 4.86. The number of fused-ring (bicyclic) bond motifs is 1. The minimum atomic E-state index is -0.316. The molecule has 3 heterocycles. The van der Waals surface area contributed by atoms with Crippen LogP contribution in [-0.2, 0) is 6.54 Å². The number of hydrogen-bond acceptors (Lipinski definition) is 5. The van der Waals surface area contributed by atoms with Crippen molar-refractivity contribution in [1.29, 1.82) is 0 Å². The number of β-amino-alcohol motifs (C(OH)–C–C–N with tert-alkyl or cyclic N) is 1. The fraction of sp³-hybridized carbons (Fsp3) is 0.455. The summed E-state index contributed by atoms with van der Waals surface area (Å²) in [7, 11) is 0. The Labute approximate surface area is 171 Å². The predicted octanol–water partition coefficient (Wildman–Crippen LogP) is 2.27. The van der Waals surface area contributed by atoms with E-state index in [1.54, 1.807) is 0 Å². The zero-order valence-corrected chi connectivity index (χ0v) is 17.2. The molecule has 4 rings (SSSR count). The first-order chi connectivity index (χ1) is 14.1. The van der Waals surface area contributed by atoms with Crippen LogP contribution in [-0.4, -0.2) is 40.9 Å². The van der Waals surface area contributed by atoms with Crippen molar-refractivity contribution in [3.8, 4) is 0 Å². The summed E-state index contributed by atoms with van der Waals surface area (Å²) in [6.07, 6.45) is 2.68. The van der Waals surface area contributed by atoms with Crippen LogP contribution < -0.4 is 20.5 Å². The SMILES string of the molecule is CC(C)c1c[nH][n+]2c(NCc3ccccc3)cc(NC[C@H]3CCNC[C@@H]3O)nc12. The van der Waals surface area contributed by atoms with Crippen LogP contribution in [0.15, 0.2) is 42.6 Å². The average Bonchev–Trinajstić information content (AvgIpc) is 3.16. The number of nitrogens with one attached hydrogen (secondary N) is 4. The van der Waals surface area contributed by atoms with Crippen LogP contribution in [0.3, 0.4) is 0 Å². The molecule has 0 amide bonds. The maximum Gasteiger partial charge on any atom is 0.292 e. The molecular weight excluding hydrogens is 364 g/mol. The van der Waals surface area contributed by atoms with Gasteiger partial charge in [0.25, 0.3) is 5.65 Å². The molecule has 1 aliphatic heterocycles. The second-order valence-electron chi connectivity index (χ2n) is 8.11. The molecule has 1 aliphatic rings. The normalized spacial score (nSPS) is 19.6. The van der Waals surface area contributed by atoms with Crippen molar-refractivity contribution < 1.29 is 9.62 Å². The number of anilines is 2. The molecule has 29 heavy (non-hydrogen) atoms. The number of nitrogens with zero attached hydrogens (tertiary/aromatic N) is 2. The summed E-state index contributed by atoms with van der Waals surface area (Å²) >= 11 is 0. The van der Waals surface area contributed by atoms with E-state index in [1.165, 1.54) is 11.1 Å². The molecule has 2 aromatic heterocycles. The Morgan fingerprint density at radius 3 is 2.83 bits per heavy atom. The number of rotatable bonds is 7. The smallest absolute Gasteiger partial charge is 0.292 e. The molecule has 7 heteroatoms. The highest BCUT2D eigenvalue weighted by Crippen LogP contribution is 2.21.